The highest BCUT2D eigenvalue weighted by atomic mass is 16.4. The molecule has 76 valence electrons. The fourth-order valence-electron chi connectivity index (χ4n) is 1.67. The minimum absolute atomic E-state index is 0.182. The molecule has 0 bridgehead atoms. The number of hydrogen-bond donors (Lipinski definition) is 2. The van der Waals surface area contributed by atoms with Crippen molar-refractivity contribution in [3.63, 3.8) is 0 Å². The van der Waals surface area contributed by atoms with Crippen molar-refractivity contribution in [2.75, 3.05) is 0 Å². The lowest BCUT2D eigenvalue weighted by Gasteiger charge is -2.21. The number of rotatable bonds is 5. The van der Waals surface area contributed by atoms with Gasteiger partial charge in [-0.25, -0.2) is 0 Å². The van der Waals surface area contributed by atoms with Crippen LogP contribution < -0.4 is 5.73 Å². The van der Waals surface area contributed by atoms with E-state index < -0.39 is 5.97 Å². The summed E-state index contributed by atoms with van der Waals surface area (Å²) in [6, 6.07) is 0.182. The van der Waals surface area contributed by atoms with Crippen molar-refractivity contribution >= 4 is 5.97 Å². The van der Waals surface area contributed by atoms with Gasteiger partial charge >= 0.3 is 5.97 Å². The van der Waals surface area contributed by atoms with E-state index in [0.29, 0.717) is 5.41 Å². The normalized spacial score (nSPS) is 23.6. The molecule has 1 aliphatic carbocycles. The number of carbonyl (C=O) groups is 1. The van der Waals surface area contributed by atoms with E-state index in [2.05, 4.69) is 6.92 Å². The van der Waals surface area contributed by atoms with Crippen LogP contribution in [0.1, 0.15) is 39.5 Å². The van der Waals surface area contributed by atoms with Gasteiger partial charge in [0.25, 0.3) is 0 Å². The molecule has 13 heavy (non-hydrogen) atoms. The maximum Gasteiger partial charge on any atom is 0.303 e. The number of carboxylic acid groups (broad SMARTS) is 1. The average molecular weight is 185 g/mol. The van der Waals surface area contributed by atoms with Crippen LogP contribution in [0.5, 0.6) is 0 Å². The van der Waals surface area contributed by atoms with Gasteiger partial charge in [-0.15, -0.1) is 0 Å². The van der Waals surface area contributed by atoms with E-state index in [9.17, 15) is 4.79 Å². The highest BCUT2D eigenvalue weighted by Gasteiger charge is 2.43. The minimum Gasteiger partial charge on any atom is -0.481 e. The molecule has 0 aliphatic heterocycles. The van der Waals surface area contributed by atoms with Crippen LogP contribution in [0.2, 0.25) is 0 Å². The van der Waals surface area contributed by atoms with E-state index in [0.717, 1.165) is 6.42 Å². The second-order valence-corrected chi connectivity index (χ2v) is 4.70. The summed E-state index contributed by atoms with van der Waals surface area (Å²) in [6.45, 7) is 4.14. The first kappa shape index (κ1) is 10.5. The minimum atomic E-state index is -0.722. The van der Waals surface area contributed by atoms with Gasteiger partial charge in [0.15, 0.2) is 0 Å². The summed E-state index contributed by atoms with van der Waals surface area (Å²) in [5.41, 5.74) is 6.31. The topological polar surface area (TPSA) is 63.3 Å². The SMILES string of the molecule is C[C@H](CC(=O)O)C[C@H](N)C1(C)CC1. The van der Waals surface area contributed by atoms with E-state index >= 15 is 0 Å². The monoisotopic (exact) mass is 185 g/mol. The number of hydrogen-bond acceptors (Lipinski definition) is 2. The smallest absolute Gasteiger partial charge is 0.303 e. The van der Waals surface area contributed by atoms with Crippen LogP contribution in [-0.4, -0.2) is 17.1 Å². The first-order chi connectivity index (χ1) is 5.94. The lowest BCUT2D eigenvalue weighted by Crippen LogP contribution is -2.31. The highest BCUT2D eigenvalue weighted by Crippen LogP contribution is 2.48. The molecule has 0 aromatic carbocycles. The lowest BCUT2D eigenvalue weighted by atomic mass is 9.89. The van der Waals surface area contributed by atoms with E-state index in [1.54, 1.807) is 0 Å². The Kier molecular flexibility index (Phi) is 2.96. The molecule has 1 aliphatic rings. The van der Waals surface area contributed by atoms with Crippen LogP contribution in [0.4, 0.5) is 0 Å². The summed E-state index contributed by atoms with van der Waals surface area (Å²) < 4.78 is 0. The van der Waals surface area contributed by atoms with Gasteiger partial charge in [-0.3, -0.25) is 4.79 Å². The molecule has 3 nitrogen and oxygen atoms in total. The van der Waals surface area contributed by atoms with Gasteiger partial charge in [0.1, 0.15) is 0 Å². The fraction of sp³-hybridized carbons (Fsp3) is 0.900. The first-order valence-electron chi connectivity index (χ1n) is 4.91. The molecule has 1 saturated carbocycles. The molecule has 0 aromatic rings. The molecule has 1 rings (SSSR count). The van der Waals surface area contributed by atoms with Crippen LogP contribution in [-0.2, 0) is 4.79 Å². The predicted molar refractivity (Wildman–Crippen MR) is 51.4 cm³/mol. The van der Waals surface area contributed by atoms with E-state index in [1.807, 2.05) is 6.92 Å². The Hall–Kier alpha value is -0.570. The summed E-state index contributed by atoms with van der Waals surface area (Å²) in [6.07, 6.45) is 3.48. The maximum atomic E-state index is 10.4. The van der Waals surface area contributed by atoms with Gasteiger partial charge in [-0.2, -0.15) is 0 Å². The standard InChI is InChI=1S/C10H19NO2/c1-7(6-9(12)13)5-8(11)10(2)3-4-10/h7-8H,3-6,11H2,1-2H3,(H,12,13)/t7-,8-/m0/s1. The molecule has 3 N–H and O–H groups in total. The van der Waals surface area contributed by atoms with Crippen LogP contribution in [0.3, 0.4) is 0 Å². The Morgan fingerprint density at radius 2 is 2.15 bits per heavy atom. The number of carboxylic acids is 1. The molecule has 3 heteroatoms. The quantitative estimate of drug-likeness (QED) is 0.684. The maximum absolute atomic E-state index is 10.4. The molecule has 1 fully saturated rings. The summed E-state index contributed by atoms with van der Waals surface area (Å²) in [5.74, 6) is -0.523. The summed E-state index contributed by atoms with van der Waals surface area (Å²) in [7, 11) is 0. The van der Waals surface area contributed by atoms with Crippen LogP contribution in [0, 0.1) is 11.3 Å². The first-order valence-corrected chi connectivity index (χ1v) is 4.91. The third-order valence-corrected chi connectivity index (χ3v) is 3.11. The van der Waals surface area contributed by atoms with E-state index in [-0.39, 0.29) is 18.4 Å². The summed E-state index contributed by atoms with van der Waals surface area (Å²) >= 11 is 0. The molecule has 0 amide bonds. The van der Waals surface area contributed by atoms with Gasteiger partial charge < -0.3 is 10.8 Å². The zero-order valence-electron chi connectivity index (χ0n) is 8.42. The Morgan fingerprint density at radius 1 is 1.62 bits per heavy atom. The van der Waals surface area contributed by atoms with Crippen molar-refractivity contribution < 1.29 is 9.90 Å². The Bertz CT molecular complexity index is 199. The predicted octanol–water partition coefficient (Wildman–Crippen LogP) is 1.61. The van der Waals surface area contributed by atoms with Crippen LogP contribution in [0.15, 0.2) is 0 Å². The van der Waals surface area contributed by atoms with Crippen LogP contribution >= 0.6 is 0 Å². The largest absolute Gasteiger partial charge is 0.481 e. The molecule has 0 aromatic heterocycles. The Balaban J connectivity index is 2.27. The van der Waals surface area contributed by atoms with Crippen molar-refractivity contribution in [3.8, 4) is 0 Å². The second kappa shape index (κ2) is 3.66. The van der Waals surface area contributed by atoms with Crippen LogP contribution in [0.25, 0.3) is 0 Å². The molecular weight excluding hydrogens is 166 g/mol. The molecule has 0 radical (unpaired) electrons. The van der Waals surface area contributed by atoms with Gasteiger partial charge in [0.05, 0.1) is 0 Å². The zero-order valence-corrected chi connectivity index (χ0v) is 8.42. The fourth-order valence-corrected chi connectivity index (χ4v) is 1.67. The zero-order chi connectivity index (χ0) is 10.1. The van der Waals surface area contributed by atoms with Gasteiger partial charge in [0, 0.05) is 12.5 Å². The molecule has 0 heterocycles. The van der Waals surface area contributed by atoms with Gasteiger partial charge in [-0.1, -0.05) is 13.8 Å². The second-order valence-electron chi connectivity index (χ2n) is 4.70. The third kappa shape index (κ3) is 2.99. The molecular formula is C10H19NO2. The van der Waals surface area contributed by atoms with E-state index in [1.165, 1.54) is 12.8 Å². The molecule has 0 unspecified atom stereocenters. The number of aliphatic carboxylic acids is 1. The van der Waals surface area contributed by atoms with Crippen molar-refractivity contribution in [2.24, 2.45) is 17.1 Å². The molecule has 0 spiro atoms. The molecule has 0 saturated heterocycles. The number of nitrogens with two attached hydrogens (primary N) is 1. The third-order valence-electron chi connectivity index (χ3n) is 3.11. The van der Waals surface area contributed by atoms with Crippen molar-refractivity contribution in [3.05, 3.63) is 0 Å². The lowest BCUT2D eigenvalue weighted by molar-refractivity contribution is -0.138. The average Bonchev–Trinajstić information content (AvgIpc) is 2.67. The Labute approximate surface area is 79.3 Å². The van der Waals surface area contributed by atoms with Crippen molar-refractivity contribution in [1.29, 1.82) is 0 Å². The Morgan fingerprint density at radius 3 is 2.54 bits per heavy atom. The highest BCUT2D eigenvalue weighted by molar-refractivity contribution is 5.66. The molecule has 2 atom stereocenters. The van der Waals surface area contributed by atoms with Crippen molar-refractivity contribution in [2.45, 2.75) is 45.6 Å². The summed E-state index contributed by atoms with van der Waals surface area (Å²) in [4.78, 5) is 10.4. The van der Waals surface area contributed by atoms with Crippen molar-refractivity contribution in [1.82, 2.24) is 0 Å². The van der Waals surface area contributed by atoms with E-state index in [4.69, 9.17) is 10.8 Å². The van der Waals surface area contributed by atoms with Gasteiger partial charge in [0.2, 0.25) is 0 Å². The van der Waals surface area contributed by atoms with Gasteiger partial charge in [-0.05, 0) is 30.6 Å². The summed E-state index contributed by atoms with van der Waals surface area (Å²) in [5, 5.41) is 8.57.